The SMILES string of the molecule is CC(C)c1noc(-c2cc(=O)n(CC(=O)NCC3CCCO3)c3ccccc23)n1. The van der Waals surface area contributed by atoms with Crippen molar-refractivity contribution < 1.29 is 14.1 Å². The van der Waals surface area contributed by atoms with Crippen LogP contribution in [0.15, 0.2) is 39.6 Å². The van der Waals surface area contributed by atoms with E-state index in [1.54, 1.807) is 0 Å². The standard InChI is InChI=1S/C21H24N4O4/c1-13(2)20-23-21(29-24-20)16-10-19(27)25(17-8-4-3-7-15(16)17)12-18(26)22-11-14-6-5-9-28-14/h3-4,7-8,10,13-14H,5-6,9,11-12H2,1-2H3,(H,22,26). The zero-order valence-corrected chi connectivity index (χ0v) is 16.6. The van der Waals surface area contributed by atoms with E-state index in [1.165, 1.54) is 10.6 Å². The van der Waals surface area contributed by atoms with Crippen LogP contribution < -0.4 is 10.9 Å². The van der Waals surface area contributed by atoms with Crippen LogP contribution >= 0.6 is 0 Å². The third kappa shape index (κ3) is 4.07. The number of hydrogen-bond acceptors (Lipinski definition) is 6. The minimum absolute atomic E-state index is 0.0578. The molecule has 0 bridgehead atoms. The van der Waals surface area contributed by atoms with E-state index < -0.39 is 0 Å². The van der Waals surface area contributed by atoms with Crippen molar-refractivity contribution >= 4 is 16.8 Å². The largest absolute Gasteiger partial charge is 0.376 e. The Hall–Kier alpha value is -3.00. The molecule has 1 atom stereocenters. The van der Waals surface area contributed by atoms with Crippen LogP contribution in [-0.4, -0.2) is 39.9 Å². The molecule has 1 fully saturated rings. The van der Waals surface area contributed by atoms with E-state index in [2.05, 4.69) is 15.5 Å². The number of carbonyl (C=O) groups excluding carboxylic acids is 1. The molecule has 1 amide bonds. The Labute approximate surface area is 167 Å². The number of benzene rings is 1. The van der Waals surface area contributed by atoms with Crippen LogP contribution in [-0.2, 0) is 16.1 Å². The Morgan fingerprint density at radius 1 is 1.34 bits per heavy atom. The lowest BCUT2D eigenvalue weighted by atomic mass is 10.1. The zero-order valence-electron chi connectivity index (χ0n) is 16.6. The highest BCUT2D eigenvalue weighted by atomic mass is 16.5. The van der Waals surface area contributed by atoms with Crippen LogP contribution in [0.3, 0.4) is 0 Å². The maximum absolute atomic E-state index is 12.8. The number of pyridine rings is 1. The van der Waals surface area contributed by atoms with Gasteiger partial charge in [0.05, 0.1) is 17.2 Å². The highest BCUT2D eigenvalue weighted by Crippen LogP contribution is 2.27. The molecule has 8 heteroatoms. The van der Waals surface area contributed by atoms with Crippen molar-refractivity contribution in [2.45, 2.75) is 45.3 Å². The lowest BCUT2D eigenvalue weighted by Gasteiger charge is -2.14. The lowest BCUT2D eigenvalue weighted by Crippen LogP contribution is -2.36. The number of fused-ring (bicyclic) bond motifs is 1. The Balaban J connectivity index is 1.64. The first-order valence-electron chi connectivity index (χ1n) is 9.88. The van der Waals surface area contributed by atoms with Crippen molar-refractivity contribution in [3.63, 3.8) is 0 Å². The van der Waals surface area contributed by atoms with Gasteiger partial charge in [-0.2, -0.15) is 4.98 Å². The van der Waals surface area contributed by atoms with Crippen molar-refractivity contribution in [3.05, 3.63) is 46.5 Å². The van der Waals surface area contributed by atoms with Crippen LogP contribution in [0.2, 0.25) is 0 Å². The number of carbonyl (C=O) groups is 1. The minimum atomic E-state index is -0.296. The molecular formula is C21H24N4O4. The van der Waals surface area contributed by atoms with E-state index in [1.807, 2.05) is 38.1 Å². The fourth-order valence-electron chi connectivity index (χ4n) is 3.49. The van der Waals surface area contributed by atoms with E-state index in [4.69, 9.17) is 9.26 Å². The summed E-state index contributed by atoms with van der Waals surface area (Å²) in [5, 5.41) is 7.63. The summed E-state index contributed by atoms with van der Waals surface area (Å²) in [5.74, 6) is 0.783. The Morgan fingerprint density at radius 3 is 2.90 bits per heavy atom. The van der Waals surface area contributed by atoms with Crippen LogP contribution in [0, 0.1) is 0 Å². The van der Waals surface area contributed by atoms with Gasteiger partial charge < -0.3 is 14.6 Å². The Bertz CT molecular complexity index is 1080. The summed E-state index contributed by atoms with van der Waals surface area (Å²) < 4.78 is 12.4. The summed E-state index contributed by atoms with van der Waals surface area (Å²) in [6.07, 6.45) is 2.02. The molecule has 0 saturated carbocycles. The van der Waals surface area contributed by atoms with Crippen molar-refractivity contribution in [1.82, 2.24) is 20.0 Å². The summed E-state index contributed by atoms with van der Waals surface area (Å²) >= 11 is 0. The average molecular weight is 396 g/mol. The van der Waals surface area contributed by atoms with Gasteiger partial charge in [-0.3, -0.25) is 14.2 Å². The fourth-order valence-corrected chi connectivity index (χ4v) is 3.49. The van der Waals surface area contributed by atoms with E-state index >= 15 is 0 Å². The van der Waals surface area contributed by atoms with Gasteiger partial charge in [0.1, 0.15) is 6.54 Å². The molecule has 4 rings (SSSR count). The molecule has 1 unspecified atom stereocenters. The Kier molecular flexibility index (Phi) is 5.44. The maximum atomic E-state index is 12.8. The summed E-state index contributed by atoms with van der Waals surface area (Å²) in [6, 6.07) is 8.85. The normalized spacial score (nSPS) is 16.6. The van der Waals surface area contributed by atoms with Gasteiger partial charge in [0, 0.05) is 30.5 Å². The average Bonchev–Trinajstić information content (AvgIpc) is 3.40. The number of nitrogens with zero attached hydrogens (tertiary/aromatic N) is 3. The Morgan fingerprint density at radius 2 is 2.17 bits per heavy atom. The van der Waals surface area contributed by atoms with Gasteiger partial charge in [0.15, 0.2) is 5.82 Å². The molecular weight excluding hydrogens is 372 g/mol. The van der Waals surface area contributed by atoms with Gasteiger partial charge in [0.2, 0.25) is 5.91 Å². The number of rotatable bonds is 6. The van der Waals surface area contributed by atoms with Crippen LogP contribution in [0.1, 0.15) is 38.4 Å². The number of aromatic nitrogens is 3. The van der Waals surface area contributed by atoms with E-state index in [0.717, 1.165) is 24.8 Å². The number of hydrogen-bond donors (Lipinski definition) is 1. The summed E-state index contributed by atoms with van der Waals surface area (Å²) in [6.45, 7) is 5.08. The van der Waals surface area contributed by atoms with Crippen molar-refractivity contribution in [1.29, 1.82) is 0 Å². The number of amides is 1. The molecule has 152 valence electrons. The second-order valence-electron chi connectivity index (χ2n) is 7.55. The second-order valence-corrected chi connectivity index (χ2v) is 7.55. The van der Waals surface area contributed by atoms with Crippen LogP contribution in [0.5, 0.6) is 0 Å². The molecule has 8 nitrogen and oxygen atoms in total. The van der Waals surface area contributed by atoms with Gasteiger partial charge in [-0.1, -0.05) is 37.2 Å². The first kappa shape index (κ1) is 19.3. The monoisotopic (exact) mass is 396 g/mol. The molecule has 1 saturated heterocycles. The summed E-state index contributed by atoms with van der Waals surface area (Å²) in [4.78, 5) is 29.7. The molecule has 1 aliphatic rings. The summed E-state index contributed by atoms with van der Waals surface area (Å²) in [7, 11) is 0. The molecule has 3 aromatic rings. The van der Waals surface area contributed by atoms with Gasteiger partial charge in [0.25, 0.3) is 11.4 Å². The molecule has 1 aromatic carbocycles. The first-order chi connectivity index (χ1) is 14.0. The van der Waals surface area contributed by atoms with Crippen molar-refractivity contribution in [2.75, 3.05) is 13.2 Å². The minimum Gasteiger partial charge on any atom is -0.376 e. The van der Waals surface area contributed by atoms with Crippen molar-refractivity contribution in [3.8, 4) is 11.5 Å². The smallest absolute Gasteiger partial charge is 0.258 e. The van der Waals surface area contributed by atoms with Crippen LogP contribution in [0.25, 0.3) is 22.4 Å². The third-order valence-electron chi connectivity index (χ3n) is 5.06. The molecule has 0 spiro atoms. The van der Waals surface area contributed by atoms with E-state index in [-0.39, 0.29) is 30.0 Å². The number of para-hydroxylation sites is 1. The second kappa shape index (κ2) is 8.16. The highest BCUT2D eigenvalue weighted by Gasteiger charge is 2.19. The predicted octanol–water partition coefficient (Wildman–Crippen LogP) is 2.47. The predicted molar refractivity (Wildman–Crippen MR) is 108 cm³/mol. The van der Waals surface area contributed by atoms with Gasteiger partial charge >= 0.3 is 0 Å². The van der Waals surface area contributed by atoms with Gasteiger partial charge in [-0.15, -0.1) is 0 Å². The van der Waals surface area contributed by atoms with E-state index in [0.29, 0.717) is 29.3 Å². The lowest BCUT2D eigenvalue weighted by molar-refractivity contribution is -0.122. The van der Waals surface area contributed by atoms with E-state index in [9.17, 15) is 9.59 Å². The van der Waals surface area contributed by atoms with Gasteiger partial charge in [-0.05, 0) is 18.9 Å². The molecule has 3 heterocycles. The number of nitrogens with one attached hydrogen (secondary N) is 1. The third-order valence-corrected chi connectivity index (χ3v) is 5.06. The molecule has 1 N–H and O–H groups in total. The van der Waals surface area contributed by atoms with Crippen molar-refractivity contribution in [2.24, 2.45) is 0 Å². The molecule has 1 aliphatic heterocycles. The summed E-state index contributed by atoms with van der Waals surface area (Å²) in [5.41, 5.74) is 0.919. The van der Waals surface area contributed by atoms with Crippen LogP contribution in [0.4, 0.5) is 0 Å². The first-order valence-corrected chi connectivity index (χ1v) is 9.88. The molecule has 29 heavy (non-hydrogen) atoms. The quantitative estimate of drug-likeness (QED) is 0.687. The topological polar surface area (TPSA) is 99.2 Å². The molecule has 2 aromatic heterocycles. The number of ether oxygens (including phenoxy) is 1. The molecule has 0 radical (unpaired) electrons. The maximum Gasteiger partial charge on any atom is 0.258 e. The fraction of sp³-hybridized carbons (Fsp3) is 0.429. The highest BCUT2D eigenvalue weighted by molar-refractivity contribution is 5.93. The van der Waals surface area contributed by atoms with Gasteiger partial charge in [-0.25, -0.2) is 0 Å². The molecule has 0 aliphatic carbocycles. The zero-order chi connectivity index (χ0) is 20.4.